The number of benzene rings is 2. The van der Waals surface area contributed by atoms with Crippen LogP contribution in [0.25, 0.3) is 0 Å². The Labute approximate surface area is 203 Å². The Kier molecular flexibility index (Phi) is 6.99. The molecule has 0 aromatic heterocycles. The Morgan fingerprint density at radius 2 is 1.88 bits per heavy atom. The van der Waals surface area contributed by atoms with Crippen molar-refractivity contribution < 1.29 is 14.4 Å². The largest absolute Gasteiger partial charge is 0.352 e. The molecule has 2 aromatic carbocycles. The molecule has 0 spiro atoms. The van der Waals surface area contributed by atoms with Crippen LogP contribution >= 0.6 is 11.8 Å². The van der Waals surface area contributed by atoms with Gasteiger partial charge in [0.1, 0.15) is 0 Å². The summed E-state index contributed by atoms with van der Waals surface area (Å²) in [6, 6.07) is 16.9. The Bertz CT molecular complexity index is 1270. The molecule has 0 fully saturated rings. The van der Waals surface area contributed by atoms with Gasteiger partial charge in [-0.25, -0.2) is 0 Å². The van der Waals surface area contributed by atoms with Crippen LogP contribution in [0.5, 0.6) is 0 Å². The Hall–Kier alpha value is -3.63. The van der Waals surface area contributed by atoms with Gasteiger partial charge in [0.15, 0.2) is 11.6 Å². The van der Waals surface area contributed by atoms with Crippen LogP contribution in [0.1, 0.15) is 53.6 Å². The Morgan fingerprint density at radius 3 is 2.56 bits per heavy atom. The first-order valence-corrected chi connectivity index (χ1v) is 12.1. The summed E-state index contributed by atoms with van der Waals surface area (Å²) in [5.74, 6) is -0.519. The second kappa shape index (κ2) is 10.1. The number of thioether (sulfide) groups is 1. The van der Waals surface area contributed by atoms with E-state index in [0.717, 1.165) is 29.7 Å². The van der Waals surface area contributed by atoms with E-state index in [1.54, 1.807) is 24.3 Å². The highest BCUT2D eigenvalue weighted by molar-refractivity contribution is 8.03. The highest BCUT2D eigenvalue weighted by Gasteiger charge is 2.37. The smallest absolute Gasteiger partial charge is 0.234 e. The predicted octanol–water partition coefficient (Wildman–Crippen LogP) is 5.00. The number of nitrogens with one attached hydrogen (secondary N) is 2. The fourth-order valence-corrected chi connectivity index (χ4v) is 5.24. The Morgan fingerprint density at radius 1 is 1.15 bits per heavy atom. The number of nitrogens with zero attached hydrogens (tertiary/aromatic N) is 1. The lowest BCUT2D eigenvalue weighted by atomic mass is 9.76. The number of carbonyl (C=O) groups excluding carboxylic acids is 3. The van der Waals surface area contributed by atoms with Gasteiger partial charge < -0.3 is 10.6 Å². The van der Waals surface area contributed by atoms with Crippen molar-refractivity contribution in [2.45, 2.75) is 39.0 Å². The lowest BCUT2D eigenvalue weighted by molar-refractivity contribution is -0.116. The lowest BCUT2D eigenvalue weighted by Crippen LogP contribution is -2.32. The standard InChI is InChI=1S/C27H25N3O3S/c1-16-6-3-4-7-20(16)25-21(14-28)27(30-22-8-5-9-23(32)26(22)25)34-15-24(33)29-19-12-10-18(11-13-19)17(2)31/h3-4,6-7,10-13,25,30H,5,8-9,15H2,1-2H3,(H,29,33). The van der Waals surface area contributed by atoms with Gasteiger partial charge in [-0.05, 0) is 62.1 Å². The van der Waals surface area contributed by atoms with Crippen molar-refractivity contribution in [2.75, 3.05) is 11.1 Å². The van der Waals surface area contributed by atoms with Gasteiger partial charge in [0.2, 0.25) is 5.91 Å². The maximum absolute atomic E-state index is 12.9. The van der Waals surface area contributed by atoms with Gasteiger partial charge >= 0.3 is 0 Å². The molecule has 0 saturated heterocycles. The van der Waals surface area contributed by atoms with Crippen LogP contribution in [-0.2, 0) is 9.59 Å². The van der Waals surface area contributed by atoms with E-state index in [1.165, 1.54) is 18.7 Å². The van der Waals surface area contributed by atoms with E-state index >= 15 is 0 Å². The van der Waals surface area contributed by atoms with Gasteiger partial charge in [0.05, 0.1) is 28.3 Å². The number of hydrogen-bond acceptors (Lipinski definition) is 6. The van der Waals surface area contributed by atoms with Crippen LogP contribution in [0, 0.1) is 18.3 Å². The third-order valence-corrected chi connectivity index (χ3v) is 7.10. The van der Waals surface area contributed by atoms with Crippen molar-refractivity contribution in [2.24, 2.45) is 0 Å². The summed E-state index contributed by atoms with van der Waals surface area (Å²) >= 11 is 1.26. The van der Waals surface area contributed by atoms with Crippen molar-refractivity contribution >= 4 is 34.9 Å². The maximum Gasteiger partial charge on any atom is 0.234 e. The van der Waals surface area contributed by atoms with Gasteiger partial charge in [-0.15, -0.1) is 0 Å². The predicted molar refractivity (Wildman–Crippen MR) is 133 cm³/mol. The topological polar surface area (TPSA) is 99.1 Å². The number of dihydropyridines is 1. The molecule has 2 aromatic rings. The summed E-state index contributed by atoms with van der Waals surface area (Å²) in [4.78, 5) is 36.9. The lowest BCUT2D eigenvalue weighted by Gasteiger charge is -2.33. The number of Topliss-reactive ketones (excluding diaryl/α,β-unsaturated/α-hetero) is 2. The SMILES string of the molecule is CC(=O)c1ccc(NC(=O)CSC2=C(C#N)C(c3ccccc3C)C3=C(CCCC3=O)N2)cc1. The molecular formula is C27H25N3O3S. The third kappa shape index (κ3) is 4.82. The zero-order valence-corrected chi connectivity index (χ0v) is 19.9. The van der Waals surface area contributed by atoms with Gasteiger partial charge in [0, 0.05) is 28.9 Å². The number of allylic oxidation sites excluding steroid dienone is 3. The highest BCUT2D eigenvalue weighted by atomic mass is 32.2. The first kappa shape index (κ1) is 23.5. The minimum atomic E-state index is -0.431. The number of rotatable bonds is 6. The first-order valence-electron chi connectivity index (χ1n) is 11.2. The second-order valence-electron chi connectivity index (χ2n) is 8.41. The number of ketones is 2. The summed E-state index contributed by atoms with van der Waals surface area (Å²) in [7, 11) is 0. The normalized spacial score (nSPS) is 17.6. The molecule has 0 radical (unpaired) electrons. The van der Waals surface area contributed by atoms with Crippen LogP contribution < -0.4 is 10.6 Å². The minimum absolute atomic E-state index is 0.0362. The van der Waals surface area contributed by atoms with Crippen molar-refractivity contribution in [1.29, 1.82) is 5.26 Å². The van der Waals surface area contributed by atoms with E-state index in [9.17, 15) is 19.6 Å². The fourth-order valence-electron chi connectivity index (χ4n) is 4.38. The van der Waals surface area contributed by atoms with Crippen LogP contribution in [-0.4, -0.2) is 23.2 Å². The minimum Gasteiger partial charge on any atom is -0.352 e. The molecule has 172 valence electrons. The summed E-state index contributed by atoms with van der Waals surface area (Å²) in [5, 5.41) is 16.9. The van der Waals surface area contributed by atoms with Crippen LogP contribution in [0.4, 0.5) is 5.69 Å². The molecule has 1 aliphatic carbocycles. The molecule has 1 atom stereocenters. The van der Waals surface area contributed by atoms with E-state index < -0.39 is 5.92 Å². The molecule has 6 nitrogen and oxygen atoms in total. The van der Waals surface area contributed by atoms with Gasteiger partial charge in [-0.1, -0.05) is 36.0 Å². The number of nitriles is 1. The molecule has 4 rings (SSSR count). The number of aryl methyl sites for hydroxylation is 1. The number of amides is 1. The molecule has 1 heterocycles. The average molecular weight is 472 g/mol. The monoisotopic (exact) mass is 471 g/mol. The van der Waals surface area contributed by atoms with Crippen LogP contribution in [0.2, 0.25) is 0 Å². The summed E-state index contributed by atoms with van der Waals surface area (Å²) < 4.78 is 0. The second-order valence-corrected chi connectivity index (χ2v) is 9.39. The summed E-state index contributed by atoms with van der Waals surface area (Å²) in [6.45, 7) is 3.48. The third-order valence-electron chi connectivity index (χ3n) is 6.09. The van der Waals surface area contributed by atoms with Crippen molar-refractivity contribution in [3.05, 3.63) is 87.1 Å². The molecule has 0 saturated carbocycles. The van der Waals surface area contributed by atoms with Crippen molar-refractivity contribution in [3.63, 3.8) is 0 Å². The van der Waals surface area contributed by atoms with E-state index in [-0.39, 0.29) is 23.2 Å². The summed E-state index contributed by atoms with van der Waals surface area (Å²) in [5.41, 5.74) is 5.13. The van der Waals surface area contributed by atoms with Crippen molar-refractivity contribution in [3.8, 4) is 6.07 Å². The molecule has 1 unspecified atom stereocenters. The summed E-state index contributed by atoms with van der Waals surface area (Å²) in [6.07, 6.45) is 1.98. The van der Waals surface area contributed by atoms with Gasteiger partial charge in [0.25, 0.3) is 0 Å². The molecule has 0 bridgehead atoms. The van der Waals surface area contributed by atoms with Crippen LogP contribution in [0.15, 0.2) is 70.4 Å². The average Bonchev–Trinajstić information content (AvgIpc) is 2.82. The van der Waals surface area contributed by atoms with E-state index in [4.69, 9.17) is 0 Å². The zero-order chi connectivity index (χ0) is 24.2. The molecule has 1 amide bonds. The first-order chi connectivity index (χ1) is 16.4. The highest BCUT2D eigenvalue weighted by Crippen LogP contribution is 2.44. The zero-order valence-electron chi connectivity index (χ0n) is 19.1. The number of hydrogen-bond donors (Lipinski definition) is 2. The van der Waals surface area contributed by atoms with Gasteiger partial charge in [-0.3, -0.25) is 14.4 Å². The molecule has 7 heteroatoms. The van der Waals surface area contributed by atoms with Crippen LogP contribution in [0.3, 0.4) is 0 Å². The van der Waals surface area contributed by atoms with Crippen molar-refractivity contribution in [1.82, 2.24) is 5.32 Å². The van der Waals surface area contributed by atoms with E-state index in [1.807, 2.05) is 31.2 Å². The molecule has 2 aliphatic rings. The van der Waals surface area contributed by atoms with E-state index in [0.29, 0.717) is 33.8 Å². The number of carbonyl (C=O) groups is 3. The molecule has 1 aliphatic heterocycles. The maximum atomic E-state index is 12.9. The molecular weight excluding hydrogens is 446 g/mol. The fraction of sp³-hybridized carbons (Fsp3) is 0.259. The Balaban J connectivity index is 1.58. The van der Waals surface area contributed by atoms with Gasteiger partial charge in [-0.2, -0.15) is 5.26 Å². The molecule has 34 heavy (non-hydrogen) atoms. The van der Waals surface area contributed by atoms with E-state index in [2.05, 4.69) is 16.7 Å². The quantitative estimate of drug-likeness (QED) is 0.576. The molecule has 2 N–H and O–H groups in total. The number of anilines is 1.